The number of ether oxygens (including phenoxy) is 1. The first-order valence-electron chi connectivity index (χ1n) is 7.85. The van der Waals surface area contributed by atoms with Crippen LogP contribution in [-0.2, 0) is 11.2 Å². The number of benzene rings is 2. The lowest BCUT2D eigenvalue weighted by Gasteiger charge is -2.15. The maximum absolute atomic E-state index is 12.0. The highest BCUT2D eigenvalue weighted by Gasteiger charge is 2.17. The van der Waals surface area contributed by atoms with Gasteiger partial charge in [0.1, 0.15) is 12.4 Å². The van der Waals surface area contributed by atoms with E-state index < -0.39 is 0 Å². The Hall–Kier alpha value is -2.92. The Morgan fingerprint density at radius 2 is 1.96 bits per heavy atom. The molecular weight excluding hydrogens is 302 g/mol. The van der Waals surface area contributed by atoms with Crippen LogP contribution in [0.5, 0.6) is 5.75 Å². The van der Waals surface area contributed by atoms with Crippen LogP contribution >= 0.6 is 0 Å². The van der Waals surface area contributed by atoms with Gasteiger partial charge in [0.2, 0.25) is 0 Å². The first-order valence-corrected chi connectivity index (χ1v) is 7.85. The highest BCUT2D eigenvalue weighted by Crippen LogP contribution is 2.24. The molecule has 2 aromatic rings. The number of fused-ring (bicyclic) bond motifs is 1. The molecule has 0 aromatic heterocycles. The normalized spacial score (nSPS) is 14.5. The summed E-state index contributed by atoms with van der Waals surface area (Å²) in [6.07, 6.45) is 4.20. The Bertz CT molecular complexity index is 769. The van der Waals surface area contributed by atoms with E-state index in [1.807, 2.05) is 60.7 Å². The molecule has 1 aliphatic rings. The molecule has 1 unspecified atom stereocenters. The van der Waals surface area contributed by atoms with E-state index in [4.69, 9.17) is 4.74 Å². The zero-order chi connectivity index (χ0) is 16.8. The van der Waals surface area contributed by atoms with Crippen LogP contribution in [0.1, 0.15) is 11.1 Å². The predicted octanol–water partition coefficient (Wildman–Crippen LogP) is 1.42. The van der Waals surface area contributed by atoms with Gasteiger partial charge in [-0.05, 0) is 17.7 Å². The van der Waals surface area contributed by atoms with Gasteiger partial charge in [-0.1, -0.05) is 48.5 Å². The Kier molecular flexibility index (Phi) is 5.03. The summed E-state index contributed by atoms with van der Waals surface area (Å²) >= 11 is 0. The van der Waals surface area contributed by atoms with Crippen LogP contribution in [0.3, 0.4) is 0 Å². The van der Waals surface area contributed by atoms with Crippen LogP contribution in [0.4, 0.5) is 0 Å². The van der Waals surface area contributed by atoms with Crippen molar-refractivity contribution in [3.8, 4) is 5.75 Å². The van der Waals surface area contributed by atoms with Gasteiger partial charge in [0.15, 0.2) is 6.04 Å². The first-order chi connectivity index (χ1) is 11.7. The lowest BCUT2D eigenvalue weighted by Crippen LogP contribution is -2.68. The molecule has 5 nitrogen and oxygen atoms in total. The molecule has 3 rings (SSSR count). The van der Waals surface area contributed by atoms with E-state index in [9.17, 15) is 4.79 Å². The lowest BCUT2D eigenvalue weighted by atomic mass is 10.1. The molecule has 0 fully saturated rings. The smallest absolute Gasteiger partial charge is 0.298 e. The summed E-state index contributed by atoms with van der Waals surface area (Å²) in [6.45, 7) is 0.439. The van der Waals surface area contributed by atoms with E-state index in [1.54, 1.807) is 6.21 Å². The van der Waals surface area contributed by atoms with Gasteiger partial charge in [-0.15, -0.1) is 0 Å². The number of hydrazone groups is 1. The van der Waals surface area contributed by atoms with Gasteiger partial charge in [0, 0.05) is 17.6 Å². The highest BCUT2D eigenvalue weighted by molar-refractivity contribution is 5.89. The maximum atomic E-state index is 12.0. The number of carbonyl (C=O) groups is 1. The van der Waals surface area contributed by atoms with Crippen molar-refractivity contribution in [1.29, 1.82) is 0 Å². The Balaban J connectivity index is 1.54. The molecule has 0 spiro atoms. The molecule has 0 bridgehead atoms. The van der Waals surface area contributed by atoms with Crippen molar-refractivity contribution in [3.63, 3.8) is 0 Å². The summed E-state index contributed by atoms with van der Waals surface area (Å²) in [5, 5.41) is 4.02. The van der Waals surface area contributed by atoms with Gasteiger partial charge in [0.05, 0.1) is 6.21 Å². The molecule has 1 aliphatic heterocycles. The number of amides is 1. The summed E-state index contributed by atoms with van der Waals surface area (Å²) in [5.41, 5.74) is 9.44. The average molecular weight is 322 g/mol. The summed E-state index contributed by atoms with van der Waals surface area (Å²) < 4.78 is 5.64. The van der Waals surface area contributed by atoms with Gasteiger partial charge in [-0.3, -0.25) is 4.79 Å². The number of nitrogens with one attached hydrogen (secondary N) is 1. The average Bonchev–Trinajstić information content (AvgIpc) is 2.62. The highest BCUT2D eigenvalue weighted by atomic mass is 16.5. The number of hydrogen-bond donors (Lipinski definition) is 2. The van der Waals surface area contributed by atoms with Crippen molar-refractivity contribution in [2.75, 3.05) is 6.61 Å². The Labute approximate surface area is 140 Å². The Morgan fingerprint density at radius 1 is 1.21 bits per heavy atom. The standard InChI is InChI=1S/C19H19N3O2/c20-17(11-14-6-2-1-3-7-14)19(23)22-21-12-15-10-16-8-4-5-9-18(16)24-13-15/h1-10,12,17H,11,13,20H2,(H,22,23)/p+1. The molecule has 2 aromatic carbocycles. The van der Waals surface area contributed by atoms with E-state index >= 15 is 0 Å². The molecule has 122 valence electrons. The maximum Gasteiger partial charge on any atom is 0.298 e. The fourth-order valence-electron chi connectivity index (χ4n) is 2.47. The van der Waals surface area contributed by atoms with E-state index in [2.05, 4.69) is 16.3 Å². The fraction of sp³-hybridized carbons (Fsp3) is 0.158. The zero-order valence-electron chi connectivity index (χ0n) is 13.3. The minimum absolute atomic E-state index is 0.201. The second-order valence-corrected chi connectivity index (χ2v) is 5.67. The third-order valence-electron chi connectivity index (χ3n) is 3.76. The fourth-order valence-corrected chi connectivity index (χ4v) is 2.47. The number of hydrogen-bond acceptors (Lipinski definition) is 3. The predicted molar refractivity (Wildman–Crippen MR) is 93.4 cm³/mol. The number of quaternary nitrogens is 1. The number of carbonyl (C=O) groups excluding carboxylic acids is 1. The Morgan fingerprint density at radius 3 is 2.79 bits per heavy atom. The topological polar surface area (TPSA) is 78.3 Å². The van der Waals surface area contributed by atoms with Crippen LogP contribution in [0.15, 0.2) is 65.3 Å². The number of rotatable bonds is 5. The summed E-state index contributed by atoms with van der Waals surface area (Å²) in [5.74, 6) is 0.659. The van der Waals surface area contributed by atoms with E-state index in [1.165, 1.54) is 0 Å². The van der Waals surface area contributed by atoms with Gasteiger partial charge < -0.3 is 10.5 Å². The van der Waals surface area contributed by atoms with Crippen molar-refractivity contribution in [2.24, 2.45) is 5.10 Å². The summed E-state index contributed by atoms with van der Waals surface area (Å²) in [6, 6.07) is 17.2. The van der Waals surface area contributed by atoms with Crippen LogP contribution in [0.2, 0.25) is 0 Å². The molecule has 0 radical (unpaired) electrons. The molecule has 1 atom stereocenters. The first kappa shape index (κ1) is 16.0. The SMILES string of the molecule is [NH3+]C(Cc1ccccc1)C(=O)NN=CC1=Cc2ccccc2OC1. The summed E-state index contributed by atoms with van der Waals surface area (Å²) in [7, 11) is 0. The number of para-hydroxylation sites is 1. The molecule has 0 saturated heterocycles. The van der Waals surface area contributed by atoms with Crippen molar-refractivity contribution in [2.45, 2.75) is 12.5 Å². The van der Waals surface area contributed by atoms with Crippen LogP contribution in [0.25, 0.3) is 6.08 Å². The van der Waals surface area contributed by atoms with Crippen molar-refractivity contribution in [1.82, 2.24) is 5.43 Å². The second-order valence-electron chi connectivity index (χ2n) is 5.67. The zero-order valence-corrected chi connectivity index (χ0v) is 13.3. The third-order valence-corrected chi connectivity index (χ3v) is 3.76. The molecule has 0 saturated carbocycles. The van der Waals surface area contributed by atoms with E-state index in [0.29, 0.717) is 13.0 Å². The number of nitrogens with zero attached hydrogens (tertiary/aromatic N) is 1. The lowest BCUT2D eigenvalue weighted by molar-refractivity contribution is -0.403. The van der Waals surface area contributed by atoms with E-state index in [-0.39, 0.29) is 11.9 Å². The van der Waals surface area contributed by atoms with E-state index in [0.717, 1.165) is 22.4 Å². The molecule has 0 aliphatic carbocycles. The molecule has 24 heavy (non-hydrogen) atoms. The van der Waals surface area contributed by atoms with Gasteiger partial charge in [-0.2, -0.15) is 5.10 Å². The quantitative estimate of drug-likeness (QED) is 0.645. The minimum atomic E-state index is -0.387. The molecule has 4 N–H and O–H groups in total. The third kappa shape index (κ3) is 4.08. The van der Waals surface area contributed by atoms with Crippen LogP contribution in [0, 0.1) is 0 Å². The molecule has 1 amide bonds. The summed E-state index contributed by atoms with van der Waals surface area (Å²) in [4.78, 5) is 12.0. The molecule has 5 heteroatoms. The molecule has 1 heterocycles. The van der Waals surface area contributed by atoms with Gasteiger partial charge >= 0.3 is 0 Å². The van der Waals surface area contributed by atoms with Gasteiger partial charge in [-0.25, -0.2) is 5.43 Å². The minimum Gasteiger partial charge on any atom is -0.488 e. The van der Waals surface area contributed by atoms with Crippen LogP contribution < -0.4 is 15.9 Å². The van der Waals surface area contributed by atoms with Crippen LogP contribution in [-0.4, -0.2) is 24.8 Å². The largest absolute Gasteiger partial charge is 0.488 e. The molecular formula is C19H20N3O2+. The van der Waals surface area contributed by atoms with Crippen molar-refractivity contribution in [3.05, 3.63) is 71.3 Å². The van der Waals surface area contributed by atoms with Crippen molar-refractivity contribution < 1.29 is 15.3 Å². The second kappa shape index (κ2) is 7.57. The monoisotopic (exact) mass is 322 g/mol. The van der Waals surface area contributed by atoms with Crippen molar-refractivity contribution >= 4 is 18.2 Å². The van der Waals surface area contributed by atoms with Gasteiger partial charge in [0.25, 0.3) is 5.91 Å².